The maximum absolute atomic E-state index is 10.1. The van der Waals surface area contributed by atoms with E-state index in [4.69, 9.17) is 5.11 Å². The molecule has 0 amide bonds. The van der Waals surface area contributed by atoms with Crippen LogP contribution in [0, 0.1) is 5.41 Å². The van der Waals surface area contributed by atoms with Gasteiger partial charge in [-0.25, -0.2) is 0 Å². The zero-order valence-corrected chi connectivity index (χ0v) is 14.3. The molecule has 3 nitrogen and oxygen atoms in total. The highest BCUT2D eigenvalue weighted by atomic mass is 16.3. The Morgan fingerprint density at radius 3 is 2.55 bits per heavy atom. The third-order valence-electron chi connectivity index (χ3n) is 4.98. The minimum atomic E-state index is -0.337. The lowest BCUT2D eigenvalue weighted by atomic mass is 9.80. The molecule has 3 N–H and O–H groups in total. The van der Waals surface area contributed by atoms with Crippen LogP contribution < -0.4 is 0 Å². The summed E-state index contributed by atoms with van der Waals surface area (Å²) < 4.78 is 0. The van der Waals surface area contributed by atoms with E-state index in [2.05, 4.69) is 13.0 Å². The summed E-state index contributed by atoms with van der Waals surface area (Å²) in [4.78, 5) is 0. The Bertz CT molecular complexity index is 303. The summed E-state index contributed by atoms with van der Waals surface area (Å²) in [5, 5.41) is 28.8. The zero-order chi connectivity index (χ0) is 16.3. The van der Waals surface area contributed by atoms with Crippen molar-refractivity contribution in [3.8, 4) is 0 Å². The smallest absolute Gasteiger partial charge is 0.0721 e. The van der Waals surface area contributed by atoms with Gasteiger partial charge in [0.05, 0.1) is 12.2 Å². The summed E-state index contributed by atoms with van der Waals surface area (Å²) in [5.74, 6) is 0. The molecule has 22 heavy (non-hydrogen) atoms. The fourth-order valence-electron chi connectivity index (χ4n) is 3.55. The molecule has 1 rings (SSSR count). The van der Waals surface area contributed by atoms with Crippen LogP contribution in [0.25, 0.3) is 0 Å². The summed E-state index contributed by atoms with van der Waals surface area (Å²) >= 11 is 0. The van der Waals surface area contributed by atoms with Crippen molar-refractivity contribution in [3.63, 3.8) is 0 Å². The Morgan fingerprint density at radius 2 is 1.91 bits per heavy atom. The van der Waals surface area contributed by atoms with Gasteiger partial charge in [-0.2, -0.15) is 0 Å². The van der Waals surface area contributed by atoms with Gasteiger partial charge in [0.2, 0.25) is 0 Å². The van der Waals surface area contributed by atoms with Gasteiger partial charge in [0.1, 0.15) is 0 Å². The first-order chi connectivity index (χ1) is 10.6. The topological polar surface area (TPSA) is 60.7 Å². The van der Waals surface area contributed by atoms with Gasteiger partial charge in [-0.15, -0.1) is 0 Å². The molecule has 1 fully saturated rings. The van der Waals surface area contributed by atoms with E-state index in [0.717, 1.165) is 64.2 Å². The molecular weight excluding hydrogens is 276 g/mol. The minimum absolute atomic E-state index is 0.0877. The van der Waals surface area contributed by atoms with Crippen molar-refractivity contribution < 1.29 is 15.3 Å². The molecule has 3 atom stereocenters. The van der Waals surface area contributed by atoms with Crippen molar-refractivity contribution in [2.45, 2.75) is 96.2 Å². The average Bonchev–Trinajstić information content (AvgIpc) is 2.87. The van der Waals surface area contributed by atoms with Crippen molar-refractivity contribution >= 4 is 0 Å². The van der Waals surface area contributed by atoms with Crippen LogP contribution in [0.2, 0.25) is 0 Å². The van der Waals surface area contributed by atoms with E-state index >= 15 is 0 Å². The maximum atomic E-state index is 10.1. The molecule has 130 valence electrons. The summed E-state index contributed by atoms with van der Waals surface area (Å²) in [5.41, 5.74) is 0.0877. The van der Waals surface area contributed by atoms with Gasteiger partial charge in [0, 0.05) is 6.61 Å². The molecule has 1 saturated carbocycles. The first kappa shape index (κ1) is 19.7. The molecule has 3 unspecified atom stereocenters. The summed E-state index contributed by atoms with van der Waals surface area (Å²) in [7, 11) is 0. The standard InChI is InChI=1S/C19H36O3/c1-2-3-6-9-17(21)10-13-19(14-11-18(22)16-19)12-7-4-5-8-15-20/h10,13,17-18,20-22H,2-9,11-12,14-16H2,1H3/b13-10+. The Hall–Kier alpha value is -0.380. The van der Waals surface area contributed by atoms with Gasteiger partial charge >= 0.3 is 0 Å². The average molecular weight is 312 g/mol. The minimum Gasteiger partial charge on any atom is -0.396 e. The number of hydrogen-bond donors (Lipinski definition) is 3. The predicted molar refractivity (Wildman–Crippen MR) is 91.8 cm³/mol. The molecule has 1 aliphatic carbocycles. The summed E-state index contributed by atoms with van der Waals surface area (Å²) in [6.45, 7) is 2.46. The first-order valence-corrected chi connectivity index (χ1v) is 9.28. The Kier molecular flexibility index (Phi) is 10.0. The van der Waals surface area contributed by atoms with Crippen LogP contribution in [0.5, 0.6) is 0 Å². The van der Waals surface area contributed by atoms with Crippen LogP contribution in [0.1, 0.15) is 84.0 Å². The number of aliphatic hydroxyl groups excluding tert-OH is 3. The van der Waals surface area contributed by atoms with E-state index in [1.165, 1.54) is 12.8 Å². The fraction of sp³-hybridized carbons (Fsp3) is 0.895. The highest BCUT2D eigenvalue weighted by Crippen LogP contribution is 2.44. The molecule has 0 aromatic heterocycles. The molecule has 0 spiro atoms. The van der Waals surface area contributed by atoms with Gasteiger partial charge in [-0.05, 0) is 43.9 Å². The lowest BCUT2D eigenvalue weighted by Crippen LogP contribution is -2.16. The molecule has 0 radical (unpaired) electrons. The monoisotopic (exact) mass is 312 g/mol. The van der Waals surface area contributed by atoms with E-state index in [0.29, 0.717) is 0 Å². The SMILES string of the molecule is CCCCCC(O)/C=C/C1(CCCCCCO)CCC(O)C1. The van der Waals surface area contributed by atoms with Crippen molar-refractivity contribution in [1.29, 1.82) is 0 Å². The zero-order valence-electron chi connectivity index (χ0n) is 14.3. The van der Waals surface area contributed by atoms with Crippen molar-refractivity contribution in [2.24, 2.45) is 5.41 Å². The van der Waals surface area contributed by atoms with E-state index in [1.54, 1.807) is 0 Å². The molecule has 0 aliphatic heterocycles. The van der Waals surface area contributed by atoms with Crippen LogP contribution in [0.4, 0.5) is 0 Å². The molecule has 0 bridgehead atoms. The van der Waals surface area contributed by atoms with Gasteiger partial charge in [-0.3, -0.25) is 0 Å². The first-order valence-electron chi connectivity index (χ1n) is 9.28. The largest absolute Gasteiger partial charge is 0.396 e. The van der Waals surface area contributed by atoms with Gasteiger partial charge in [0.15, 0.2) is 0 Å². The summed E-state index contributed by atoms with van der Waals surface area (Å²) in [6.07, 6.45) is 16.0. The van der Waals surface area contributed by atoms with Crippen LogP contribution in [0.3, 0.4) is 0 Å². The Morgan fingerprint density at radius 1 is 1.14 bits per heavy atom. The van der Waals surface area contributed by atoms with E-state index in [1.807, 2.05) is 6.08 Å². The second-order valence-electron chi connectivity index (χ2n) is 7.07. The second-order valence-corrected chi connectivity index (χ2v) is 7.07. The highest BCUT2D eigenvalue weighted by Gasteiger charge is 2.35. The van der Waals surface area contributed by atoms with Crippen LogP contribution in [-0.4, -0.2) is 34.1 Å². The number of hydrogen-bond acceptors (Lipinski definition) is 3. The third-order valence-corrected chi connectivity index (χ3v) is 4.98. The number of rotatable bonds is 12. The molecule has 0 aromatic carbocycles. The Balaban J connectivity index is 2.42. The molecule has 0 saturated heterocycles. The number of aliphatic hydroxyl groups is 3. The Labute approximate surface area is 136 Å². The van der Waals surface area contributed by atoms with Crippen LogP contribution in [0.15, 0.2) is 12.2 Å². The van der Waals surface area contributed by atoms with Crippen molar-refractivity contribution in [3.05, 3.63) is 12.2 Å². The molecule has 1 aliphatic rings. The molecular formula is C19H36O3. The lowest BCUT2D eigenvalue weighted by molar-refractivity contribution is 0.165. The van der Waals surface area contributed by atoms with E-state index < -0.39 is 0 Å². The predicted octanol–water partition coefficient (Wildman–Crippen LogP) is 3.96. The van der Waals surface area contributed by atoms with Crippen molar-refractivity contribution in [2.75, 3.05) is 6.61 Å². The number of unbranched alkanes of at least 4 members (excludes halogenated alkanes) is 5. The summed E-state index contributed by atoms with van der Waals surface area (Å²) in [6, 6.07) is 0. The molecule has 0 heterocycles. The third kappa shape index (κ3) is 7.75. The fourth-order valence-corrected chi connectivity index (χ4v) is 3.55. The van der Waals surface area contributed by atoms with E-state index in [9.17, 15) is 10.2 Å². The molecule has 0 aromatic rings. The lowest BCUT2D eigenvalue weighted by Gasteiger charge is -2.26. The van der Waals surface area contributed by atoms with Gasteiger partial charge in [-0.1, -0.05) is 57.6 Å². The quantitative estimate of drug-likeness (QED) is 0.377. The highest BCUT2D eigenvalue weighted by molar-refractivity contribution is 5.06. The van der Waals surface area contributed by atoms with E-state index in [-0.39, 0.29) is 24.2 Å². The molecule has 3 heteroatoms. The van der Waals surface area contributed by atoms with Crippen LogP contribution in [-0.2, 0) is 0 Å². The van der Waals surface area contributed by atoms with Crippen LogP contribution >= 0.6 is 0 Å². The van der Waals surface area contributed by atoms with Crippen molar-refractivity contribution in [1.82, 2.24) is 0 Å². The normalized spacial score (nSPS) is 26.8. The second kappa shape index (κ2) is 11.2. The van der Waals surface area contributed by atoms with Gasteiger partial charge in [0.25, 0.3) is 0 Å². The number of allylic oxidation sites excluding steroid dienone is 1. The maximum Gasteiger partial charge on any atom is 0.0721 e. The van der Waals surface area contributed by atoms with Gasteiger partial charge < -0.3 is 15.3 Å².